The molecule has 1 aliphatic rings. The molecule has 2 atom stereocenters. The number of anilines is 1. The quantitative estimate of drug-likeness (QED) is 0.794. The van der Waals surface area contributed by atoms with Gasteiger partial charge >= 0.3 is 0 Å². The number of nitrogen functional groups attached to an aromatic ring is 1. The van der Waals surface area contributed by atoms with E-state index in [1.165, 1.54) is 10.4 Å². The number of benzene rings is 1. The molecule has 2 rings (SSSR count). The van der Waals surface area contributed by atoms with Gasteiger partial charge in [0.1, 0.15) is 4.90 Å². The average Bonchev–Trinajstić information content (AvgIpc) is 2.39. The van der Waals surface area contributed by atoms with Crippen LogP contribution >= 0.6 is 0 Å². The van der Waals surface area contributed by atoms with Gasteiger partial charge in [0.15, 0.2) is 0 Å². The Morgan fingerprint density at radius 1 is 1.30 bits per heavy atom. The fourth-order valence-corrected chi connectivity index (χ4v) is 4.31. The molecule has 110 valence electrons. The topological polar surface area (TPSA) is 106 Å². The van der Waals surface area contributed by atoms with E-state index in [4.69, 9.17) is 11.5 Å². The molecule has 20 heavy (non-hydrogen) atoms. The molecular weight excluding hydrogens is 278 g/mol. The zero-order chi connectivity index (χ0) is 14.9. The summed E-state index contributed by atoms with van der Waals surface area (Å²) in [5.41, 5.74) is 11.3. The number of nitrogens with two attached hydrogens (primary N) is 2. The summed E-state index contributed by atoms with van der Waals surface area (Å²) in [4.78, 5) is 11.4. The SMILES string of the molecule is CC1CCC(C(N)=O)CN1S(=O)(=O)c1ccccc1N. The highest BCUT2D eigenvalue weighted by atomic mass is 32.2. The fraction of sp³-hybridized carbons (Fsp3) is 0.462. The summed E-state index contributed by atoms with van der Waals surface area (Å²) >= 11 is 0. The molecule has 1 fully saturated rings. The van der Waals surface area contributed by atoms with Crippen molar-refractivity contribution in [2.75, 3.05) is 12.3 Å². The van der Waals surface area contributed by atoms with Crippen LogP contribution in [-0.4, -0.2) is 31.2 Å². The third kappa shape index (κ3) is 2.64. The summed E-state index contributed by atoms with van der Waals surface area (Å²) in [5, 5.41) is 0. The Morgan fingerprint density at radius 3 is 2.55 bits per heavy atom. The predicted molar refractivity (Wildman–Crippen MR) is 76.1 cm³/mol. The van der Waals surface area contributed by atoms with Crippen LogP contribution in [0.2, 0.25) is 0 Å². The lowest BCUT2D eigenvalue weighted by molar-refractivity contribution is -0.123. The number of nitrogens with zero attached hydrogens (tertiary/aromatic N) is 1. The number of carbonyl (C=O) groups is 1. The van der Waals surface area contributed by atoms with Crippen molar-refractivity contribution in [3.63, 3.8) is 0 Å². The van der Waals surface area contributed by atoms with E-state index < -0.39 is 21.8 Å². The molecule has 0 aliphatic carbocycles. The maximum Gasteiger partial charge on any atom is 0.245 e. The van der Waals surface area contributed by atoms with Gasteiger partial charge in [0.25, 0.3) is 0 Å². The third-order valence-electron chi connectivity index (χ3n) is 3.73. The van der Waals surface area contributed by atoms with Crippen molar-refractivity contribution in [2.45, 2.75) is 30.7 Å². The van der Waals surface area contributed by atoms with Gasteiger partial charge < -0.3 is 11.5 Å². The van der Waals surface area contributed by atoms with E-state index in [1.54, 1.807) is 18.2 Å². The molecule has 0 saturated carbocycles. The Bertz CT molecular complexity index is 615. The van der Waals surface area contributed by atoms with Gasteiger partial charge in [-0.25, -0.2) is 8.42 Å². The predicted octanol–water partition coefficient (Wildman–Crippen LogP) is 0.543. The first-order valence-corrected chi connectivity index (χ1v) is 7.93. The molecule has 0 spiro atoms. The number of sulfonamides is 1. The third-order valence-corrected chi connectivity index (χ3v) is 5.79. The van der Waals surface area contributed by atoms with Crippen LogP contribution in [0.25, 0.3) is 0 Å². The van der Waals surface area contributed by atoms with Crippen molar-refractivity contribution in [3.05, 3.63) is 24.3 Å². The lowest BCUT2D eigenvalue weighted by Crippen LogP contribution is -2.48. The molecule has 0 radical (unpaired) electrons. The van der Waals surface area contributed by atoms with Crippen LogP contribution in [0, 0.1) is 5.92 Å². The molecule has 0 bridgehead atoms. The molecule has 7 heteroatoms. The molecule has 4 N–H and O–H groups in total. The van der Waals surface area contributed by atoms with Gasteiger partial charge in [0.05, 0.1) is 11.6 Å². The molecular formula is C13H19N3O3S. The van der Waals surface area contributed by atoms with Gasteiger partial charge in [-0.3, -0.25) is 4.79 Å². The van der Waals surface area contributed by atoms with E-state index in [0.717, 1.165) is 0 Å². The Balaban J connectivity index is 2.37. The monoisotopic (exact) mass is 297 g/mol. The van der Waals surface area contributed by atoms with Crippen molar-refractivity contribution in [3.8, 4) is 0 Å². The number of amides is 1. The maximum atomic E-state index is 12.7. The Kier molecular flexibility index (Phi) is 4.01. The summed E-state index contributed by atoms with van der Waals surface area (Å²) in [5.74, 6) is -0.899. The van der Waals surface area contributed by atoms with Crippen LogP contribution in [0.1, 0.15) is 19.8 Å². The average molecular weight is 297 g/mol. The van der Waals surface area contributed by atoms with Crippen LogP contribution in [0.3, 0.4) is 0 Å². The normalized spacial score (nSPS) is 24.4. The van der Waals surface area contributed by atoms with E-state index in [1.807, 2.05) is 6.92 Å². The molecule has 2 unspecified atom stereocenters. The molecule has 1 aromatic carbocycles. The smallest absolute Gasteiger partial charge is 0.245 e. The van der Waals surface area contributed by atoms with Gasteiger partial charge in [-0.1, -0.05) is 12.1 Å². The molecule has 1 aliphatic heterocycles. The number of hydrogen-bond acceptors (Lipinski definition) is 4. The van der Waals surface area contributed by atoms with E-state index in [2.05, 4.69) is 0 Å². The van der Waals surface area contributed by atoms with Gasteiger partial charge in [-0.15, -0.1) is 0 Å². The van der Waals surface area contributed by atoms with Crippen LogP contribution in [0.15, 0.2) is 29.2 Å². The van der Waals surface area contributed by atoms with E-state index in [-0.39, 0.29) is 23.2 Å². The Hall–Kier alpha value is -1.60. The van der Waals surface area contributed by atoms with Gasteiger partial charge in [-0.05, 0) is 31.9 Å². The highest BCUT2D eigenvalue weighted by molar-refractivity contribution is 7.89. The van der Waals surface area contributed by atoms with Crippen molar-refractivity contribution in [1.82, 2.24) is 4.31 Å². The number of piperidine rings is 1. The number of rotatable bonds is 3. The molecule has 1 saturated heterocycles. The number of hydrogen-bond donors (Lipinski definition) is 2. The lowest BCUT2D eigenvalue weighted by Gasteiger charge is -2.35. The molecule has 1 amide bonds. The lowest BCUT2D eigenvalue weighted by atomic mass is 9.95. The number of para-hydroxylation sites is 1. The first kappa shape index (κ1) is 14.8. The van der Waals surface area contributed by atoms with Crippen molar-refractivity contribution >= 4 is 21.6 Å². The van der Waals surface area contributed by atoms with Crippen LogP contribution < -0.4 is 11.5 Å². The van der Waals surface area contributed by atoms with Crippen LogP contribution in [-0.2, 0) is 14.8 Å². The first-order chi connectivity index (χ1) is 9.34. The van der Waals surface area contributed by atoms with Gasteiger partial charge in [0, 0.05) is 12.6 Å². The second-order valence-corrected chi connectivity index (χ2v) is 7.00. The summed E-state index contributed by atoms with van der Waals surface area (Å²) in [6.07, 6.45) is 1.23. The zero-order valence-corrected chi connectivity index (χ0v) is 12.1. The molecule has 1 heterocycles. The van der Waals surface area contributed by atoms with Crippen molar-refractivity contribution in [2.24, 2.45) is 11.7 Å². The second kappa shape index (κ2) is 5.41. The highest BCUT2D eigenvalue weighted by Crippen LogP contribution is 2.30. The summed E-state index contributed by atoms with van der Waals surface area (Å²) in [7, 11) is -3.71. The fourth-order valence-electron chi connectivity index (χ4n) is 2.48. The van der Waals surface area contributed by atoms with Crippen LogP contribution in [0.4, 0.5) is 5.69 Å². The van der Waals surface area contributed by atoms with Gasteiger partial charge in [-0.2, -0.15) is 4.31 Å². The van der Waals surface area contributed by atoms with Crippen LogP contribution in [0.5, 0.6) is 0 Å². The Labute approximate surface area is 118 Å². The van der Waals surface area contributed by atoms with Gasteiger partial charge in [0.2, 0.25) is 15.9 Å². The highest BCUT2D eigenvalue weighted by Gasteiger charge is 2.37. The second-order valence-electron chi connectivity index (χ2n) is 5.14. The summed E-state index contributed by atoms with van der Waals surface area (Å²) in [6, 6.07) is 6.16. The first-order valence-electron chi connectivity index (χ1n) is 6.49. The Morgan fingerprint density at radius 2 is 1.95 bits per heavy atom. The summed E-state index contributed by atoms with van der Waals surface area (Å²) < 4.78 is 26.7. The largest absolute Gasteiger partial charge is 0.398 e. The molecule has 1 aromatic rings. The van der Waals surface area contributed by atoms with E-state index in [9.17, 15) is 13.2 Å². The maximum absolute atomic E-state index is 12.7. The minimum Gasteiger partial charge on any atom is -0.398 e. The standard InChI is InChI=1S/C13H19N3O3S/c1-9-6-7-10(13(15)17)8-16(9)20(18,19)12-5-3-2-4-11(12)14/h2-5,9-10H,6-8,14H2,1H3,(H2,15,17). The minimum absolute atomic E-state index is 0.0805. The molecule has 6 nitrogen and oxygen atoms in total. The van der Waals surface area contributed by atoms with E-state index in [0.29, 0.717) is 12.8 Å². The number of primary amides is 1. The molecule has 0 aromatic heterocycles. The zero-order valence-electron chi connectivity index (χ0n) is 11.3. The van der Waals surface area contributed by atoms with Crippen molar-refractivity contribution in [1.29, 1.82) is 0 Å². The van der Waals surface area contributed by atoms with E-state index >= 15 is 0 Å². The van der Waals surface area contributed by atoms with Crippen molar-refractivity contribution < 1.29 is 13.2 Å². The number of carbonyl (C=O) groups excluding carboxylic acids is 1. The minimum atomic E-state index is -3.71. The summed E-state index contributed by atoms with van der Waals surface area (Å²) in [6.45, 7) is 1.95.